The molecule has 0 aliphatic heterocycles. The molecule has 1 aromatic carbocycles. The first kappa shape index (κ1) is 12.0. The highest BCUT2D eigenvalue weighted by Crippen LogP contribution is 2.49. The highest BCUT2D eigenvalue weighted by Gasteiger charge is 2.48. The van der Waals surface area contributed by atoms with E-state index in [-0.39, 0.29) is 11.1 Å². The number of halogens is 2. The molecule has 1 saturated carbocycles. The van der Waals surface area contributed by atoms with E-state index < -0.39 is 23.9 Å². The molecule has 1 aliphatic rings. The molecule has 0 radical (unpaired) electrons. The Morgan fingerprint density at radius 1 is 1.47 bits per heavy atom. The van der Waals surface area contributed by atoms with Gasteiger partial charge >= 0.3 is 5.97 Å². The van der Waals surface area contributed by atoms with Gasteiger partial charge in [0, 0.05) is 11.5 Å². The van der Waals surface area contributed by atoms with E-state index >= 15 is 0 Å². The fourth-order valence-corrected chi connectivity index (χ4v) is 1.76. The van der Waals surface area contributed by atoms with Crippen LogP contribution in [0.25, 0.3) is 0 Å². The van der Waals surface area contributed by atoms with Gasteiger partial charge in [0.05, 0.1) is 0 Å². The van der Waals surface area contributed by atoms with Crippen molar-refractivity contribution in [2.24, 2.45) is 11.7 Å². The van der Waals surface area contributed by atoms with Crippen molar-refractivity contribution in [3.63, 3.8) is 0 Å². The van der Waals surface area contributed by atoms with E-state index in [4.69, 9.17) is 10.8 Å². The number of hydrogen-bond acceptors (Lipinski definition) is 2. The molecule has 2 rings (SSSR count). The zero-order valence-corrected chi connectivity index (χ0v) is 9.07. The lowest BCUT2D eigenvalue weighted by Crippen LogP contribution is -2.22. The summed E-state index contributed by atoms with van der Waals surface area (Å²) >= 11 is 0. The lowest BCUT2D eigenvalue weighted by molar-refractivity contribution is -0.138. The minimum absolute atomic E-state index is 0.144. The number of aliphatic carboxylic acids is 1. The molecule has 92 valence electrons. The monoisotopic (exact) mass is 241 g/mol. The molecular weight excluding hydrogens is 228 g/mol. The Kier molecular flexibility index (Phi) is 2.87. The number of hydrogen-bond donors (Lipinski definition) is 2. The number of rotatable bonds is 4. The van der Waals surface area contributed by atoms with Gasteiger partial charge in [-0.05, 0) is 24.5 Å². The van der Waals surface area contributed by atoms with Crippen LogP contribution in [0.5, 0.6) is 0 Å². The highest BCUT2D eigenvalue weighted by molar-refractivity contribution is 5.75. The summed E-state index contributed by atoms with van der Waals surface area (Å²) in [6.07, 6.45) is 1.03. The molecule has 1 fully saturated rings. The zero-order valence-electron chi connectivity index (χ0n) is 9.07. The lowest BCUT2D eigenvalue weighted by atomic mass is 9.99. The van der Waals surface area contributed by atoms with Gasteiger partial charge in [-0.3, -0.25) is 4.79 Å². The van der Waals surface area contributed by atoms with Crippen LogP contribution in [0.3, 0.4) is 0 Å². The second-order valence-electron chi connectivity index (χ2n) is 4.34. The first-order chi connectivity index (χ1) is 7.93. The number of carboxylic acids is 1. The largest absolute Gasteiger partial charge is 0.480 e. The van der Waals surface area contributed by atoms with E-state index in [1.807, 2.05) is 0 Å². The van der Waals surface area contributed by atoms with Crippen molar-refractivity contribution in [3.8, 4) is 0 Å². The molecule has 0 heterocycles. The van der Waals surface area contributed by atoms with Gasteiger partial charge in [-0.25, -0.2) is 8.78 Å². The third kappa shape index (κ3) is 2.29. The van der Waals surface area contributed by atoms with E-state index in [9.17, 15) is 13.6 Å². The number of nitrogens with two attached hydrogens (primary N) is 1. The smallest absolute Gasteiger partial charge is 0.325 e. The zero-order chi connectivity index (χ0) is 12.6. The minimum Gasteiger partial charge on any atom is -0.480 e. The normalized spacial score (nSPS) is 17.8. The van der Waals surface area contributed by atoms with E-state index in [0.717, 1.165) is 0 Å². The Labute approximate surface area is 97.2 Å². The molecule has 0 bridgehead atoms. The van der Waals surface area contributed by atoms with Crippen LogP contribution in [0, 0.1) is 5.92 Å². The summed E-state index contributed by atoms with van der Waals surface area (Å²) in [5.74, 6) is -4.72. The standard InChI is InChI=1S/C12H13F2NO2/c13-12(14,8-4-5-8)9-3-1-2-7(6-9)10(15)11(16)17/h1-3,6,8,10H,4-5,15H2,(H,16,17). The van der Waals surface area contributed by atoms with Gasteiger partial charge in [-0.2, -0.15) is 0 Å². The first-order valence-corrected chi connectivity index (χ1v) is 5.39. The van der Waals surface area contributed by atoms with E-state index in [1.165, 1.54) is 24.3 Å². The molecular formula is C12H13F2NO2. The van der Waals surface area contributed by atoms with E-state index in [1.54, 1.807) is 0 Å². The summed E-state index contributed by atoms with van der Waals surface area (Å²) < 4.78 is 27.6. The van der Waals surface area contributed by atoms with Crippen molar-refractivity contribution in [2.45, 2.75) is 24.8 Å². The first-order valence-electron chi connectivity index (χ1n) is 5.39. The topological polar surface area (TPSA) is 63.3 Å². The molecule has 17 heavy (non-hydrogen) atoms. The lowest BCUT2D eigenvalue weighted by Gasteiger charge is -2.17. The van der Waals surface area contributed by atoms with E-state index in [2.05, 4.69) is 0 Å². The Balaban J connectivity index is 2.31. The Bertz CT molecular complexity index is 444. The molecule has 0 aromatic heterocycles. The maximum absolute atomic E-state index is 13.8. The van der Waals surface area contributed by atoms with Gasteiger partial charge < -0.3 is 10.8 Å². The Morgan fingerprint density at radius 3 is 2.65 bits per heavy atom. The molecule has 0 amide bonds. The van der Waals surface area contributed by atoms with Crippen molar-refractivity contribution in [3.05, 3.63) is 35.4 Å². The summed E-state index contributed by atoms with van der Waals surface area (Å²) in [6.45, 7) is 0. The Morgan fingerprint density at radius 2 is 2.12 bits per heavy atom. The van der Waals surface area contributed by atoms with Crippen molar-refractivity contribution >= 4 is 5.97 Å². The number of carbonyl (C=O) groups is 1. The van der Waals surface area contributed by atoms with E-state index in [0.29, 0.717) is 12.8 Å². The number of carboxylic acid groups (broad SMARTS) is 1. The minimum atomic E-state index is -2.88. The molecule has 0 saturated heterocycles. The second kappa shape index (κ2) is 4.07. The third-order valence-corrected chi connectivity index (χ3v) is 2.99. The fraction of sp³-hybridized carbons (Fsp3) is 0.417. The maximum atomic E-state index is 13.8. The SMILES string of the molecule is NC(C(=O)O)c1cccc(C(F)(F)C2CC2)c1. The third-order valence-electron chi connectivity index (χ3n) is 2.99. The Hall–Kier alpha value is -1.49. The molecule has 0 spiro atoms. The van der Waals surface area contributed by atoms with Crippen molar-refractivity contribution in [1.29, 1.82) is 0 Å². The van der Waals surface area contributed by atoms with Crippen molar-refractivity contribution in [2.75, 3.05) is 0 Å². The molecule has 3 nitrogen and oxygen atoms in total. The maximum Gasteiger partial charge on any atom is 0.325 e. The molecule has 1 aliphatic carbocycles. The summed E-state index contributed by atoms with van der Waals surface area (Å²) in [5.41, 5.74) is 5.46. The summed E-state index contributed by atoms with van der Waals surface area (Å²) in [7, 11) is 0. The van der Waals surface area contributed by atoms with Crippen molar-refractivity contribution in [1.82, 2.24) is 0 Å². The fourth-order valence-electron chi connectivity index (χ4n) is 1.76. The summed E-state index contributed by atoms with van der Waals surface area (Å²) in [6, 6.07) is 4.12. The molecule has 5 heteroatoms. The number of benzene rings is 1. The molecule has 1 aromatic rings. The van der Waals surface area contributed by atoms with Crippen LogP contribution in [0.2, 0.25) is 0 Å². The van der Waals surface area contributed by atoms with Gasteiger partial charge in [-0.15, -0.1) is 0 Å². The van der Waals surface area contributed by atoms with Gasteiger partial charge in [0.1, 0.15) is 6.04 Å². The van der Waals surface area contributed by atoms with Gasteiger partial charge in [0.25, 0.3) is 5.92 Å². The van der Waals surface area contributed by atoms with Crippen LogP contribution in [0.4, 0.5) is 8.78 Å². The quantitative estimate of drug-likeness (QED) is 0.849. The highest BCUT2D eigenvalue weighted by atomic mass is 19.3. The van der Waals surface area contributed by atoms with Crippen LogP contribution in [-0.4, -0.2) is 11.1 Å². The molecule has 1 atom stereocenters. The average Bonchev–Trinajstić information content (AvgIpc) is 3.12. The van der Waals surface area contributed by atoms with Crippen LogP contribution >= 0.6 is 0 Å². The molecule has 1 unspecified atom stereocenters. The van der Waals surface area contributed by atoms with Crippen LogP contribution in [0.15, 0.2) is 24.3 Å². The number of alkyl halides is 2. The summed E-state index contributed by atoms with van der Waals surface area (Å²) in [5, 5.41) is 8.74. The van der Waals surface area contributed by atoms with Crippen LogP contribution in [-0.2, 0) is 10.7 Å². The van der Waals surface area contributed by atoms with Gasteiger partial charge in [0.15, 0.2) is 0 Å². The summed E-state index contributed by atoms with van der Waals surface area (Å²) in [4.78, 5) is 10.7. The van der Waals surface area contributed by atoms with Crippen molar-refractivity contribution < 1.29 is 18.7 Å². The predicted molar refractivity (Wildman–Crippen MR) is 57.6 cm³/mol. The van der Waals surface area contributed by atoms with Gasteiger partial charge in [0.2, 0.25) is 0 Å². The predicted octanol–water partition coefficient (Wildman–Crippen LogP) is 2.27. The average molecular weight is 241 g/mol. The second-order valence-corrected chi connectivity index (χ2v) is 4.34. The van der Waals surface area contributed by atoms with Crippen LogP contribution in [0.1, 0.15) is 30.0 Å². The molecule has 3 N–H and O–H groups in total. The van der Waals surface area contributed by atoms with Gasteiger partial charge in [-0.1, -0.05) is 18.2 Å². The van der Waals surface area contributed by atoms with Crippen LogP contribution < -0.4 is 5.73 Å².